The lowest BCUT2D eigenvalue weighted by Crippen LogP contribution is -2.31. The lowest BCUT2D eigenvalue weighted by molar-refractivity contribution is -0.132. The highest BCUT2D eigenvalue weighted by Gasteiger charge is 2.31. The highest BCUT2D eigenvalue weighted by Crippen LogP contribution is 2.32. The van der Waals surface area contributed by atoms with Crippen molar-refractivity contribution in [1.29, 1.82) is 0 Å². The molecule has 0 radical (unpaired) electrons. The molecule has 1 unspecified atom stereocenters. The Balaban J connectivity index is 1.56. The molecular weight excluding hydrogens is 370 g/mol. The number of carbonyl (C=O) groups is 1. The minimum atomic E-state index is -0.0624. The molecule has 29 heavy (non-hydrogen) atoms. The van der Waals surface area contributed by atoms with E-state index >= 15 is 0 Å². The van der Waals surface area contributed by atoms with Crippen LogP contribution >= 0.6 is 0 Å². The molecule has 3 aromatic heterocycles. The SMILES string of the molecule is CCc1c(C)nc2cc(C3CCCN3C(=O)CCn3nc(C)nc3C)[nH]n2c1=O. The average molecular weight is 397 g/mol. The van der Waals surface area contributed by atoms with Gasteiger partial charge in [0.25, 0.3) is 5.56 Å². The third kappa shape index (κ3) is 3.45. The first-order valence-electron chi connectivity index (χ1n) is 10.2. The number of carbonyl (C=O) groups excluding carboxylic acids is 1. The quantitative estimate of drug-likeness (QED) is 0.708. The number of fused-ring (bicyclic) bond motifs is 1. The predicted molar refractivity (Wildman–Crippen MR) is 108 cm³/mol. The second-order valence-corrected chi connectivity index (χ2v) is 7.66. The molecule has 1 atom stereocenters. The van der Waals surface area contributed by atoms with E-state index in [1.807, 2.05) is 38.7 Å². The van der Waals surface area contributed by atoms with E-state index in [0.717, 1.165) is 36.6 Å². The van der Waals surface area contributed by atoms with Gasteiger partial charge in [-0.2, -0.15) is 5.10 Å². The molecular formula is C20H27N7O2. The van der Waals surface area contributed by atoms with Crippen LogP contribution in [0.1, 0.15) is 60.8 Å². The number of aromatic amines is 1. The van der Waals surface area contributed by atoms with E-state index in [4.69, 9.17) is 0 Å². The van der Waals surface area contributed by atoms with Gasteiger partial charge in [0.2, 0.25) is 5.91 Å². The molecule has 1 aliphatic rings. The Bertz CT molecular complexity index is 1120. The van der Waals surface area contributed by atoms with Gasteiger partial charge >= 0.3 is 0 Å². The Morgan fingerprint density at radius 1 is 1.28 bits per heavy atom. The van der Waals surface area contributed by atoms with E-state index in [0.29, 0.717) is 36.4 Å². The van der Waals surface area contributed by atoms with Crippen LogP contribution < -0.4 is 5.56 Å². The van der Waals surface area contributed by atoms with Crippen LogP contribution in [0, 0.1) is 20.8 Å². The zero-order valence-corrected chi connectivity index (χ0v) is 17.4. The van der Waals surface area contributed by atoms with Crippen molar-refractivity contribution in [2.45, 2.75) is 66.0 Å². The van der Waals surface area contributed by atoms with E-state index in [2.05, 4.69) is 20.2 Å². The van der Waals surface area contributed by atoms with Gasteiger partial charge in [-0.25, -0.2) is 19.2 Å². The number of rotatable bonds is 5. The average Bonchev–Trinajstić information content (AvgIpc) is 3.38. The van der Waals surface area contributed by atoms with Crippen molar-refractivity contribution in [2.24, 2.45) is 0 Å². The second kappa shape index (κ2) is 7.46. The lowest BCUT2D eigenvalue weighted by Gasteiger charge is -2.23. The Hall–Kier alpha value is -2.97. The maximum absolute atomic E-state index is 12.9. The number of H-pyrrole nitrogens is 1. The topological polar surface area (TPSA) is 101 Å². The van der Waals surface area contributed by atoms with Crippen LogP contribution in [0.5, 0.6) is 0 Å². The van der Waals surface area contributed by atoms with Gasteiger partial charge < -0.3 is 4.90 Å². The van der Waals surface area contributed by atoms with Gasteiger partial charge in [-0.15, -0.1) is 0 Å². The summed E-state index contributed by atoms with van der Waals surface area (Å²) >= 11 is 0. The van der Waals surface area contributed by atoms with E-state index in [1.165, 1.54) is 4.52 Å². The fourth-order valence-electron chi connectivity index (χ4n) is 4.27. The van der Waals surface area contributed by atoms with E-state index in [1.54, 1.807) is 4.68 Å². The van der Waals surface area contributed by atoms with Gasteiger partial charge in [-0.1, -0.05) is 6.92 Å². The first-order chi connectivity index (χ1) is 13.9. The lowest BCUT2D eigenvalue weighted by atomic mass is 10.1. The summed E-state index contributed by atoms with van der Waals surface area (Å²) in [6, 6.07) is 1.84. The second-order valence-electron chi connectivity index (χ2n) is 7.66. The minimum absolute atomic E-state index is 0.0610. The number of hydrogen-bond acceptors (Lipinski definition) is 5. The molecule has 3 aromatic rings. The number of amides is 1. The smallest absolute Gasteiger partial charge is 0.276 e. The van der Waals surface area contributed by atoms with Crippen LogP contribution in [-0.4, -0.2) is 46.7 Å². The third-order valence-corrected chi connectivity index (χ3v) is 5.72. The van der Waals surface area contributed by atoms with Crippen LogP contribution in [0.2, 0.25) is 0 Å². The number of nitrogens with zero attached hydrogens (tertiary/aromatic N) is 6. The highest BCUT2D eigenvalue weighted by atomic mass is 16.2. The Labute approximate surface area is 168 Å². The minimum Gasteiger partial charge on any atom is -0.334 e. The molecule has 1 N–H and O–H groups in total. The monoisotopic (exact) mass is 397 g/mol. The molecule has 1 fully saturated rings. The van der Waals surface area contributed by atoms with E-state index < -0.39 is 0 Å². The summed E-state index contributed by atoms with van der Waals surface area (Å²) in [6.07, 6.45) is 2.82. The van der Waals surface area contributed by atoms with Crippen molar-refractivity contribution in [2.75, 3.05) is 6.54 Å². The summed E-state index contributed by atoms with van der Waals surface area (Å²) in [5, 5.41) is 7.53. The largest absolute Gasteiger partial charge is 0.334 e. The van der Waals surface area contributed by atoms with Crippen LogP contribution in [0.3, 0.4) is 0 Å². The normalized spacial score (nSPS) is 16.8. The van der Waals surface area contributed by atoms with Crippen molar-refractivity contribution < 1.29 is 4.79 Å². The summed E-state index contributed by atoms with van der Waals surface area (Å²) in [6.45, 7) is 8.80. The molecule has 0 aromatic carbocycles. The number of hydrogen-bond donors (Lipinski definition) is 1. The maximum atomic E-state index is 12.9. The molecule has 0 bridgehead atoms. The van der Waals surface area contributed by atoms with Crippen LogP contribution in [0.15, 0.2) is 10.9 Å². The van der Waals surface area contributed by atoms with Gasteiger partial charge in [-0.3, -0.25) is 14.7 Å². The highest BCUT2D eigenvalue weighted by molar-refractivity contribution is 5.77. The van der Waals surface area contributed by atoms with Gasteiger partial charge in [0.1, 0.15) is 11.6 Å². The van der Waals surface area contributed by atoms with Crippen molar-refractivity contribution >= 4 is 11.6 Å². The zero-order chi connectivity index (χ0) is 20.7. The molecule has 1 amide bonds. The standard InChI is InChI=1S/C20H27N7O2/c1-5-15-12(2)21-18-11-16(24-27(18)20(15)29)17-7-6-9-25(17)19(28)8-10-26-14(4)22-13(3)23-26/h11,17,24H,5-10H2,1-4H3. The molecule has 9 heteroatoms. The van der Waals surface area contributed by atoms with Crippen LogP contribution in [0.4, 0.5) is 0 Å². The summed E-state index contributed by atoms with van der Waals surface area (Å²) in [5.41, 5.74) is 2.89. The van der Waals surface area contributed by atoms with Gasteiger partial charge in [-0.05, 0) is 40.0 Å². The van der Waals surface area contributed by atoms with Crippen molar-refractivity contribution in [3.05, 3.63) is 45.0 Å². The van der Waals surface area contributed by atoms with Gasteiger partial charge in [0.15, 0.2) is 5.65 Å². The Morgan fingerprint density at radius 2 is 2.07 bits per heavy atom. The van der Waals surface area contributed by atoms with Gasteiger partial charge in [0, 0.05) is 30.3 Å². The first-order valence-corrected chi connectivity index (χ1v) is 10.2. The van der Waals surface area contributed by atoms with E-state index in [9.17, 15) is 9.59 Å². The Morgan fingerprint density at radius 3 is 2.76 bits per heavy atom. The summed E-state index contributed by atoms with van der Waals surface area (Å²) in [7, 11) is 0. The Kier molecular flexibility index (Phi) is 4.97. The molecule has 1 saturated heterocycles. The van der Waals surface area contributed by atoms with Crippen LogP contribution in [0.25, 0.3) is 5.65 Å². The molecule has 4 rings (SSSR count). The summed E-state index contributed by atoms with van der Waals surface area (Å²) in [5.74, 6) is 1.62. The van der Waals surface area contributed by atoms with Crippen molar-refractivity contribution in [3.63, 3.8) is 0 Å². The van der Waals surface area contributed by atoms with Crippen molar-refractivity contribution in [1.82, 2.24) is 34.3 Å². The molecule has 1 aliphatic heterocycles. The predicted octanol–water partition coefficient (Wildman–Crippen LogP) is 1.86. The maximum Gasteiger partial charge on any atom is 0.276 e. The van der Waals surface area contributed by atoms with Gasteiger partial charge in [0.05, 0.1) is 18.3 Å². The molecule has 9 nitrogen and oxygen atoms in total. The number of aromatic nitrogens is 6. The molecule has 0 spiro atoms. The number of nitrogens with one attached hydrogen (secondary N) is 1. The molecule has 154 valence electrons. The number of likely N-dealkylation sites (tertiary alicyclic amines) is 1. The molecule has 0 saturated carbocycles. The summed E-state index contributed by atoms with van der Waals surface area (Å²) < 4.78 is 3.28. The third-order valence-electron chi connectivity index (χ3n) is 5.72. The fraction of sp³-hybridized carbons (Fsp3) is 0.550. The fourth-order valence-corrected chi connectivity index (χ4v) is 4.27. The van der Waals surface area contributed by atoms with Crippen LogP contribution in [-0.2, 0) is 17.8 Å². The van der Waals surface area contributed by atoms with Crippen molar-refractivity contribution in [3.8, 4) is 0 Å². The zero-order valence-electron chi connectivity index (χ0n) is 17.4. The number of aryl methyl sites for hydroxylation is 4. The molecule has 4 heterocycles. The molecule has 0 aliphatic carbocycles. The van der Waals surface area contributed by atoms with E-state index in [-0.39, 0.29) is 17.5 Å². The first kappa shape index (κ1) is 19.4. The summed E-state index contributed by atoms with van der Waals surface area (Å²) in [4.78, 5) is 36.4.